The summed E-state index contributed by atoms with van der Waals surface area (Å²) in [4.78, 5) is 26.4. The van der Waals surface area contributed by atoms with E-state index in [0.29, 0.717) is 30.8 Å². The molecule has 1 aliphatic rings. The predicted molar refractivity (Wildman–Crippen MR) is 127 cm³/mol. The minimum absolute atomic E-state index is 0.0841. The molecule has 1 amide bonds. The van der Waals surface area contributed by atoms with E-state index in [1.165, 1.54) is 8.99 Å². The first kappa shape index (κ1) is 23.0. The van der Waals surface area contributed by atoms with Gasteiger partial charge in [0.05, 0.1) is 22.2 Å². The lowest BCUT2D eigenvalue weighted by atomic mass is 9.99. The van der Waals surface area contributed by atoms with E-state index in [4.69, 9.17) is 0 Å². The van der Waals surface area contributed by atoms with Crippen LogP contribution in [-0.2, 0) is 21.9 Å². The van der Waals surface area contributed by atoms with Crippen LogP contribution in [0.25, 0.3) is 5.69 Å². The van der Waals surface area contributed by atoms with Crippen LogP contribution in [0.2, 0.25) is 0 Å². The zero-order chi connectivity index (χ0) is 23.8. The Morgan fingerprint density at radius 1 is 1.03 bits per heavy atom. The molecule has 1 aliphatic heterocycles. The quantitative estimate of drug-likeness (QED) is 0.623. The molecular weight excluding hydrogens is 440 g/mol. The molecule has 1 aromatic heterocycles. The SMILES string of the molecule is Cc1ccc(S(=O)(=O)N2CCC[C@H](C(=O)Nc3c(C)n(C)n(-c4ccccc4)c3=O)C2)cc1. The highest BCUT2D eigenvalue weighted by Crippen LogP contribution is 2.25. The van der Waals surface area contributed by atoms with Crippen molar-refractivity contribution in [3.8, 4) is 5.69 Å². The molecule has 9 heteroatoms. The summed E-state index contributed by atoms with van der Waals surface area (Å²) < 4.78 is 30.7. The van der Waals surface area contributed by atoms with Gasteiger partial charge >= 0.3 is 0 Å². The Balaban J connectivity index is 1.55. The highest BCUT2D eigenvalue weighted by molar-refractivity contribution is 7.89. The first-order valence-corrected chi connectivity index (χ1v) is 12.4. The largest absolute Gasteiger partial charge is 0.320 e. The number of hydrogen-bond donors (Lipinski definition) is 1. The number of anilines is 1. The summed E-state index contributed by atoms with van der Waals surface area (Å²) in [5.41, 5.74) is 2.18. The molecule has 1 saturated heterocycles. The number of benzene rings is 2. The number of aryl methyl sites for hydroxylation is 1. The van der Waals surface area contributed by atoms with Crippen molar-refractivity contribution < 1.29 is 13.2 Å². The van der Waals surface area contributed by atoms with Gasteiger partial charge in [-0.05, 0) is 51.0 Å². The lowest BCUT2D eigenvalue weighted by Gasteiger charge is -2.31. The molecule has 33 heavy (non-hydrogen) atoms. The summed E-state index contributed by atoms with van der Waals surface area (Å²) in [5, 5.41) is 2.78. The summed E-state index contributed by atoms with van der Waals surface area (Å²) in [5.74, 6) is -0.882. The number of hydrogen-bond acceptors (Lipinski definition) is 4. The van der Waals surface area contributed by atoms with Gasteiger partial charge in [0.25, 0.3) is 5.56 Å². The first-order chi connectivity index (χ1) is 15.7. The van der Waals surface area contributed by atoms with E-state index in [-0.39, 0.29) is 28.6 Å². The minimum atomic E-state index is -3.69. The van der Waals surface area contributed by atoms with Crippen LogP contribution in [0.5, 0.6) is 0 Å². The van der Waals surface area contributed by atoms with Crippen LogP contribution < -0.4 is 10.9 Å². The Bertz CT molecular complexity index is 1330. The molecule has 1 atom stereocenters. The van der Waals surface area contributed by atoms with Gasteiger partial charge in [-0.3, -0.25) is 14.3 Å². The fraction of sp³-hybridized carbons (Fsp3) is 0.333. The van der Waals surface area contributed by atoms with Gasteiger partial charge in [0.2, 0.25) is 15.9 Å². The number of carbonyl (C=O) groups is 1. The normalized spacial score (nSPS) is 17.1. The fourth-order valence-electron chi connectivity index (χ4n) is 4.17. The van der Waals surface area contributed by atoms with Crippen LogP contribution >= 0.6 is 0 Å². The molecule has 0 spiro atoms. The van der Waals surface area contributed by atoms with E-state index in [2.05, 4.69) is 5.32 Å². The van der Waals surface area contributed by atoms with Crippen molar-refractivity contribution in [2.75, 3.05) is 18.4 Å². The van der Waals surface area contributed by atoms with Gasteiger partial charge in [0.1, 0.15) is 5.69 Å². The predicted octanol–water partition coefficient (Wildman–Crippen LogP) is 2.83. The number of para-hydroxylation sites is 1. The Labute approximate surface area is 193 Å². The standard InChI is InChI=1S/C24H28N4O4S/c1-17-11-13-21(14-12-17)33(31,32)27-15-7-8-19(16-27)23(29)25-22-18(2)26(3)28(24(22)30)20-9-5-4-6-10-20/h4-6,9-14,19H,7-8,15-16H2,1-3H3,(H,25,29)/t19-/m0/s1. The topological polar surface area (TPSA) is 93.4 Å². The van der Waals surface area contributed by atoms with Crippen LogP contribution in [-0.4, -0.2) is 41.1 Å². The maximum atomic E-state index is 13.1. The van der Waals surface area contributed by atoms with Crippen molar-refractivity contribution in [3.05, 3.63) is 76.2 Å². The maximum absolute atomic E-state index is 13.1. The van der Waals surface area contributed by atoms with E-state index in [1.54, 1.807) is 42.9 Å². The lowest BCUT2D eigenvalue weighted by Crippen LogP contribution is -2.44. The number of aromatic nitrogens is 2. The van der Waals surface area contributed by atoms with E-state index < -0.39 is 15.9 Å². The Hall–Kier alpha value is -3.17. The summed E-state index contributed by atoms with van der Waals surface area (Å²) in [7, 11) is -1.93. The van der Waals surface area contributed by atoms with Crippen molar-refractivity contribution in [3.63, 3.8) is 0 Å². The molecule has 1 fully saturated rings. The van der Waals surface area contributed by atoms with Crippen molar-refractivity contribution in [1.82, 2.24) is 13.7 Å². The van der Waals surface area contributed by atoms with Crippen LogP contribution in [0.1, 0.15) is 24.1 Å². The van der Waals surface area contributed by atoms with Gasteiger partial charge in [-0.15, -0.1) is 0 Å². The zero-order valence-electron chi connectivity index (χ0n) is 19.0. The van der Waals surface area contributed by atoms with Crippen molar-refractivity contribution in [2.45, 2.75) is 31.6 Å². The third kappa shape index (κ3) is 4.38. The van der Waals surface area contributed by atoms with Gasteiger partial charge in [0, 0.05) is 20.1 Å². The smallest absolute Gasteiger partial charge is 0.295 e. The molecule has 0 radical (unpaired) electrons. The van der Waals surface area contributed by atoms with Crippen molar-refractivity contribution in [2.24, 2.45) is 13.0 Å². The molecule has 0 aliphatic carbocycles. The van der Waals surface area contributed by atoms with Gasteiger partial charge < -0.3 is 5.32 Å². The van der Waals surface area contributed by atoms with E-state index >= 15 is 0 Å². The third-order valence-electron chi connectivity index (χ3n) is 6.22. The molecule has 2 heterocycles. The van der Waals surface area contributed by atoms with Crippen LogP contribution in [0.3, 0.4) is 0 Å². The molecule has 1 N–H and O–H groups in total. The second kappa shape index (κ2) is 8.99. The lowest BCUT2D eigenvalue weighted by molar-refractivity contribution is -0.120. The number of amides is 1. The van der Waals surface area contributed by atoms with Gasteiger partial charge in [0.15, 0.2) is 0 Å². The second-order valence-electron chi connectivity index (χ2n) is 8.44. The maximum Gasteiger partial charge on any atom is 0.295 e. The summed E-state index contributed by atoms with van der Waals surface area (Å²) in [6.45, 7) is 4.12. The number of rotatable bonds is 5. The first-order valence-electron chi connectivity index (χ1n) is 10.9. The molecule has 8 nitrogen and oxygen atoms in total. The molecule has 0 saturated carbocycles. The molecule has 0 bridgehead atoms. The molecular formula is C24H28N4O4S. The van der Waals surface area contributed by atoms with E-state index in [1.807, 2.05) is 37.3 Å². The molecule has 174 valence electrons. The average molecular weight is 469 g/mol. The summed E-state index contributed by atoms with van der Waals surface area (Å²) >= 11 is 0. The summed E-state index contributed by atoms with van der Waals surface area (Å²) in [6, 6.07) is 15.9. The van der Waals surface area contributed by atoms with Crippen molar-refractivity contribution >= 4 is 21.6 Å². The van der Waals surface area contributed by atoms with Crippen LogP contribution in [0.4, 0.5) is 5.69 Å². The van der Waals surface area contributed by atoms with Gasteiger partial charge in [-0.25, -0.2) is 13.1 Å². The van der Waals surface area contributed by atoms with Gasteiger partial charge in [-0.1, -0.05) is 35.9 Å². The number of sulfonamides is 1. The van der Waals surface area contributed by atoms with E-state index in [9.17, 15) is 18.0 Å². The molecule has 4 rings (SSSR count). The monoisotopic (exact) mass is 468 g/mol. The average Bonchev–Trinajstić information content (AvgIpc) is 3.03. The number of nitrogens with one attached hydrogen (secondary N) is 1. The highest BCUT2D eigenvalue weighted by Gasteiger charge is 2.34. The summed E-state index contributed by atoms with van der Waals surface area (Å²) in [6.07, 6.45) is 1.13. The van der Waals surface area contributed by atoms with Crippen molar-refractivity contribution in [1.29, 1.82) is 0 Å². The Morgan fingerprint density at radius 2 is 1.70 bits per heavy atom. The van der Waals surface area contributed by atoms with Crippen LogP contribution in [0.15, 0.2) is 64.3 Å². The zero-order valence-corrected chi connectivity index (χ0v) is 19.8. The number of nitrogens with zero attached hydrogens (tertiary/aromatic N) is 3. The van der Waals surface area contributed by atoms with E-state index in [0.717, 1.165) is 5.56 Å². The fourth-order valence-corrected chi connectivity index (χ4v) is 5.70. The third-order valence-corrected chi connectivity index (χ3v) is 8.10. The number of carbonyl (C=O) groups excluding carboxylic acids is 1. The Kier molecular flexibility index (Phi) is 6.27. The highest BCUT2D eigenvalue weighted by atomic mass is 32.2. The second-order valence-corrected chi connectivity index (χ2v) is 10.4. The molecule has 3 aromatic rings. The molecule has 0 unspecified atom stereocenters. The van der Waals surface area contributed by atoms with Crippen LogP contribution in [0, 0.1) is 19.8 Å². The minimum Gasteiger partial charge on any atom is -0.320 e. The number of piperidine rings is 1. The Morgan fingerprint density at radius 3 is 2.36 bits per heavy atom. The molecule has 2 aromatic carbocycles. The van der Waals surface area contributed by atoms with Gasteiger partial charge in [-0.2, -0.15) is 4.31 Å².